The molecule has 0 aliphatic heterocycles. The Labute approximate surface area is 188 Å². The molecule has 0 atom stereocenters. The maximum Gasteiger partial charge on any atom is 0.210 e. The lowest BCUT2D eigenvalue weighted by molar-refractivity contribution is 0.104. The monoisotopic (exact) mass is 438 g/mol. The zero-order valence-corrected chi connectivity index (χ0v) is 18.4. The summed E-state index contributed by atoms with van der Waals surface area (Å²) in [5, 5.41) is 0. The van der Waals surface area contributed by atoms with Crippen LogP contribution in [0, 0.1) is 6.92 Å². The van der Waals surface area contributed by atoms with Crippen LogP contribution in [-0.2, 0) is 9.84 Å². The van der Waals surface area contributed by atoms with Crippen molar-refractivity contribution in [2.24, 2.45) is 0 Å². The van der Waals surface area contributed by atoms with Crippen LogP contribution in [0.1, 0.15) is 21.5 Å². The van der Waals surface area contributed by atoms with E-state index in [0.29, 0.717) is 16.7 Å². The van der Waals surface area contributed by atoms with Gasteiger partial charge in [-0.25, -0.2) is 8.42 Å². The number of allylic oxidation sites excluding steroid dienone is 1. The van der Waals surface area contributed by atoms with E-state index >= 15 is 0 Å². The van der Waals surface area contributed by atoms with Crippen LogP contribution >= 0.6 is 0 Å². The van der Waals surface area contributed by atoms with E-state index in [1.54, 1.807) is 48.5 Å². The molecule has 0 saturated heterocycles. The first-order valence-electron chi connectivity index (χ1n) is 10.2. The molecule has 0 heterocycles. The van der Waals surface area contributed by atoms with Crippen molar-refractivity contribution in [3.8, 4) is 11.1 Å². The molecule has 0 unspecified atom stereocenters. The molecule has 4 heteroatoms. The lowest BCUT2D eigenvalue weighted by atomic mass is 9.96. The molecular formula is C28H22O3S. The second-order valence-electron chi connectivity index (χ2n) is 7.48. The Bertz CT molecular complexity index is 1370. The van der Waals surface area contributed by atoms with Crippen LogP contribution in [0.15, 0.2) is 119 Å². The first-order chi connectivity index (χ1) is 15.5. The van der Waals surface area contributed by atoms with Crippen molar-refractivity contribution in [2.75, 3.05) is 0 Å². The van der Waals surface area contributed by atoms with Crippen molar-refractivity contribution in [3.05, 3.63) is 131 Å². The summed E-state index contributed by atoms with van der Waals surface area (Å²) in [7, 11) is -4.05. The van der Waals surface area contributed by atoms with E-state index in [9.17, 15) is 13.2 Å². The van der Waals surface area contributed by atoms with E-state index in [2.05, 4.69) is 0 Å². The van der Waals surface area contributed by atoms with Gasteiger partial charge in [-0.15, -0.1) is 0 Å². The number of sulfone groups is 1. The van der Waals surface area contributed by atoms with Gasteiger partial charge in [0.15, 0.2) is 0 Å². The molecule has 4 aromatic rings. The molecule has 0 saturated carbocycles. The summed E-state index contributed by atoms with van der Waals surface area (Å²) in [6.07, 6.45) is 1.46. The molecule has 0 aliphatic carbocycles. The van der Waals surface area contributed by atoms with Gasteiger partial charge in [-0.1, -0.05) is 103 Å². The number of ketones is 1. The maximum absolute atomic E-state index is 13.8. The van der Waals surface area contributed by atoms with Gasteiger partial charge in [0.25, 0.3) is 0 Å². The third-order valence-electron chi connectivity index (χ3n) is 5.20. The third kappa shape index (κ3) is 4.46. The summed E-state index contributed by atoms with van der Waals surface area (Å²) in [6.45, 7) is 1.89. The molecular weight excluding hydrogens is 416 g/mol. The normalized spacial score (nSPS) is 11.8. The lowest BCUT2D eigenvalue weighted by Gasteiger charge is -2.13. The Morgan fingerprint density at radius 2 is 1.25 bits per heavy atom. The van der Waals surface area contributed by atoms with Gasteiger partial charge in [-0.3, -0.25) is 4.79 Å². The van der Waals surface area contributed by atoms with Crippen molar-refractivity contribution in [1.29, 1.82) is 0 Å². The molecule has 0 aromatic heterocycles. The number of rotatable bonds is 6. The Morgan fingerprint density at radius 1 is 0.688 bits per heavy atom. The van der Waals surface area contributed by atoms with Gasteiger partial charge in [-0.05, 0) is 41.8 Å². The minimum atomic E-state index is -4.05. The van der Waals surface area contributed by atoms with E-state index in [0.717, 1.165) is 11.1 Å². The lowest BCUT2D eigenvalue weighted by Crippen LogP contribution is -2.15. The molecule has 0 radical (unpaired) electrons. The number of carbonyl (C=O) groups excluding carboxylic acids is 1. The average molecular weight is 439 g/mol. The quantitative estimate of drug-likeness (QED) is 0.260. The highest BCUT2D eigenvalue weighted by molar-refractivity contribution is 7.96. The SMILES string of the molecule is Cc1ccc(S(=O)(=O)C(=Cc2ccccc2)C(=O)c2ccccc2-c2ccccc2)cc1. The summed E-state index contributed by atoms with van der Waals surface area (Å²) in [6, 6.07) is 32.2. The number of carbonyl (C=O) groups is 1. The standard InChI is InChI=1S/C28H22O3S/c1-21-16-18-24(19-17-21)32(30,31)27(20-22-10-4-2-5-11-22)28(29)26-15-9-8-14-25(26)23-12-6-3-7-13-23/h2-20H,1H3. The summed E-state index contributed by atoms with van der Waals surface area (Å²) in [5.41, 5.74) is 3.47. The zero-order chi connectivity index (χ0) is 22.6. The summed E-state index contributed by atoms with van der Waals surface area (Å²) in [5.74, 6) is -0.533. The highest BCUT2D eigenvalue weighted by Crippen LogP contribution is 2.30. The molecule has 4 rings (SSSR count). The van der Waals surface area contributed by atoms with Gasteiger partial charge >= 0.3 is 0 Å². The maximum atomic E-state index is 13.8. The number of aryl methyl sites for hydroxylation is 1. The molecule has 158 valence electrons. The molecule has 0 bridgehead atoms. The first kappa shape index (κ1) is 21.5. The fourth-order valence-corrected chi connectivity index (χ4v) is 4.89. The van der Waals surface area contributed by atoms with Crippen LogP contribution in [0.4, 0.5) is 0 Å². The van der Waals surface area contributed by atoms with Crippen LogP contribution in [0.3, 0.4) is 0 Å². The van der Waals surface area contributed by atoms with Crippen LogP contribution in [0.2, 0.25) is 0 Å². The van der Waals surface area contributed by atoms with Gasteiger partial charge in [0.1, 0.15) is 4.91 Å². The molecule has 0 aliphatic rings. The average Bonchev–Trinajstić information content (AvgIpc) is 2.83. The number of benzene rings is 4. The van der Waals surface area contributed by atoms with Crippen molar-refractivity contribution in [2.45, 2.75) is 11.8 Å². The molecule has 0 fully saturated rings. The van der Waals surface area contributed by atoms with Crippen molar-refractivity contribution in [1.82, 2.24) is 0 Å². The summed E-state index contributed by atoms with van der Waals surface area (Å²) >= 11 is 0. The fraction of sp³-hybridized carbons (Fsp3) is 0.0357. The van der Waals surface area contributed by atoms with Gasteiger partial charge in [-0.2, -0.15) is 0 Å². The topological polar surface area (TPSA) is 51.2 Å². The van der Waals surface area contributed by atoms with Crippen molar-refractivity contribution in [3.63, 3.8) is 0 Å². The first-order valence-corrected chi connectivity index (χ1v) is 11.7. The molecule has 3 nitrogen and oxygen atoms in total. The van der Waals surface area contributed by atoms with Crippen molar-refractivity contribution >= 4 is 21.7 Å². The predicted molar refractivity (Wildman–Crippen MR) is 129 cm³/mol. The van der Waals surface area contributed by atoms with Gasteiger partial charge in [0, 0.05) is 5.56 Å². The van der Waals surface area contributed by atoms with E-state index in [1.165, 1.54) is 6.08 Å². The van der Waals surface area contributed by atoms with Crippen LogP contribution in [0.25, 0.3) is 17.2 Å². The van der Waals surface area contributed by atoms with E-state index in [-0.39, 0.29) is 9.80 Å². The van der Waals surface area contributed by atoms with Crippen LogP contribution in [-0.4, -0.2) is 14.2 Å². The molecule has 4 aromatic carbocycles. The number of Topliss-reactive ketones (excluding diaryl/α,β-unsaturated/α-hetero) is 1. The second kappa shape index (κ2) is 9.16. The second-order valence-corrected chi connectivity index (χ2v) is 9.39. The largest absolute Gasteiger partial charge is 0.288 e. The molecule has 0 N–H and O–H groups in total. The number of hydrogen-bond donors (Lipinski definition) is 0. The van der Waals surface area contributed by atoms with E-state index in [4.69, 9.17) is 0 Å². The zero-order valence-electron chi connectivity index (χ0n) is 17.6. The summed E-state index contributed by atoms with van der Waals surface area (Å²) in [4.78, 5) is 13.6. The Kier molecular flexibility index (Phi) is 6.15. The van der Waals surface area contributed by atoms with Crippen LogP contribution in [0.5, 0.6) is 0 Å². The van der Waals surface area contributed by atoms with Gasteiger partial charge < -0.3 is 0 Å². The highest BCUT2D eigenvalue weighted by atomic mass is 32.2. The van der Waals surface area contributed by atoms with E-state index < -0.39 is 15.6 Å². The van der Waals surface area contributed by atoms with Crippen molar-refractivity contribution < 1.29 is 13.2 Å². The molecule has 0 spiro atoms. The minimum Gasteiger partial charge on any atom is -0.288 e. The Balaban J connectivity index is 1.90. The Hall–Kier alpha value is -3.76. The summed E-state index contributed by atoms with van der Waals surface area (Å²) < 4.78 is 27.2. The van der Waals surface area contributed by atoms with E-state index in [1.807, 2.05) is 67.6 Å². The highest BCUT2D eigenvalue weighted by Gasteiger charge is 2.29. The fourth-order valence-electron chi connectivity index (χ4n) is 3.49. The molecule has 32 heavy (non-hydrogen) atoms. The van der Waals surface area contributed by atoms with Gasteiger partial charge in [0.2, 0.25) is 15.6 Å². The minimum absolute atomic E-state index is 0.0934. The molecule has 0 amide bonds. The Morgan fingerprint density at radius 3 is 1.91 bits per heavy atom. The number of hydrogen-bond acceptors (Lipinski definition) is 3. The third-order valence-corrected chi connectivity index (χ3v) is 6.97. The van der Waals surface area contributed by atoms with Gasteiger partial charge in [0.05, 0.1) is 4.90 Å². The smallest absolute Gasteiger partial charge is 0.210 e. The predicted octanol–water partition coefficient (Wildman–Crippen LogP) is 6.36. The van der Waals surface area contributed by atoms with Crippen LogP contribution < -0.4 is 0 Å².